The van der Waals surface area contributed by atoms with Crippen molar-refractivity contribution < 1.29 is 9.90 Å². The molecule has 2 rings (SSSR count). The van der Waals surface area contributed by atoms with E-state index < -0.39 is 11.4 Å². The van der Waals surface area contributed by atoms with E-state index in [1.165, 1.54) is 0 Å². The molecule has 0 amide bonds. The largest absolute Gasteiger partial charge is 0.481 e. The lowest BCUT2D eigenvalue weighted by molar-refractivity contribution is -0.143. The minimum Gasteiger partial charge on any atom is -0.481 e. The maximum atomic E-state index is 11.0. The van der Waals surface area contributed by atoms with Crippen LogP contribution in [0.25, 0.3) is 0 Å². The number of carboxylic acid groups (broad SMARTS) is 1. The van der Waals surface area contributed by atoms with Crippen LogP contribution in [0.5, 0.6) is 0 Å². The van der Waals surface area contributed by atoms with Gasteiger partial charge in [0.25, 0.3) is 0 Å². The predicted octanol–water partition coefficient (Wildman–Crippen LogP) is 2.75. The minimum absolute atomic E-state index is 0.523. The molecule has 0 unspecified atom stereocenters. The van der Waals surface area contributed by atoms with Crippen molar-refractivity contribution in [3.05, 3.63) is 34.9 Å². The van der Waals surface area contributed by atoms with Gasteiger partial charge in [-0.05, 0) is 30.9 Å². The molecule has 0 aliphatic heterocycles. The van der Waals surface area contributed by atoms with Crippen molar-refractivity contribution in [2.75, 3.05) is 0 Å². The van der Waals surface area contributed by atoms with Gasteiger partial charge in [-0.25, -0.2) is 0 Å². The first-order valence-electron chi connectivity index (χ1n) is 4.61. The van der Waals surface area contributed by atoms with E-state index in [2.05, 4.69) is 0 Å². The second-order valence-corrected chi connectivity index (χ2v) is 4.26. The van der Waals surface area contributed by atoms with E-state index in [-0.39, 0.29) is 0 Å². The first-order valence-corrected chi connectivity index (χ1v) is 4.99. The molecule has 1 aliphatic carbocycles. The summed E-state index contributed by atoms with van der Waals surface area (Å²) in [4.78, 5) is 11.0. The smallest absolute Gasteiger partial charge is 0.309 e. The van der Waals surface area contributed by atoms with E-state index >= 15 is 0 Å². The molecule has 1 saturated carbocycles. The molecule has 0 saturated heterocycles. The molecule has 1 N–H and O–H groups in total. The van der Waals surface area contributed by atoms with Gasteiger partial charge in [-0.3, -0.25) is 4.79 Å². The van der Waals surface area contributed by atoms with Gasteiger partial charge in [0.15, 0.2) is 0 Å². The van der Waals surface area contributed by atoms with Crippen molar-refractivity contribution in [2.45, 2.75) is 19.3 Å². The average molecular weight is 211 g/mol. The Morgan fingerprint density at radius 2 is 2.07 bits per heavy atom. The van der Waals surface area contributed by atoms with Crippen LogP contribution in [-0.4, -0.2) is 11.1 Å². The lowest BCUT2D eigenvalue weighted by Gasteiger charge is -2.10. The van der Waals surface area contributed by atoms with Crippen molar-refractivity contribution in [1.82, 2.24) is 0 Å². The second kappa shape index (κ2) is 3.28. The third-order valence-electron chi connectivity index (χ3n) is 2.79. The molecule has 1 aromatic rings. The van der Waals surface area contributed by atoms with E-state index in [1.54, 1.807) is 6.07 Å². The lowest BCUT2D eigenvalue weighted by Crippen LogP contribution is -2.17. The molecule has 0 spiro atoms. The number of halogens is 1. The Morgan fingerprint density at radius 1 is 1.43 bits per heavy atom. The van der Waals surface area contributed by atoms with Crippen LogP contribution < -0.4 is 0 Å². The van der Waals surface area contributed by atoms with Crippen LogP contribution in [0.2, 0.25) is 5.02 Å². The van der Waals surface area contributed by atoms with E-state index in [1.807, 2.05) is 18.2 Å². The van der Waals surface area contributed by atoms with Gasteiger partial charge in [-0.2, -0.15) is 0 Å². The number of benzene rings is 1. The number of carbonyl (C=O) groups is 1. The van der Waals surface area contributed by atoms with Gasteiger partial charge in [-0.1, -0.05) is 29.8 Å². The molecular formula is C11H11ClO2. The van der Waals surface area contributed by atoms with Gasteiger partial charge < -0.3 is 5.11 Å². The zero-order chi connectivity index (χ0) is 10.2. The zero-order valence-electron chi connectivity index (χ0n) is 7.66. The van der Waals surface area contributed by atoms with Crippen LogP contribution in [0.1, 0.15) is 18.4 Å². The van der Waals surface area contributed by atoms with Crippen molar-refractivity contribution in [1.29, 1.82) is 0 Å². The fourth-order valence-corrected chi connectivity index (χ4v) is 1.83. The average Bonchev–Trinajstić information content (AvgIpc) is 2.90. The summed E-state index contributed by atoms with van der Waals surface area (Å²) in [5.41, 5.74) is 0.416. The third kappa shape index (κ3) is 1.62. The molecule has 0 aromatic heterocycles. The number of aliphatic carboxylic acids is 1. The van der Waals surface area contributed by atoms with E-state index in [0.717, 1.165) is 18.4 Å². The second-order valence-electron chi connectivity index (χ2n) is 3.85. The normalized spacial score (nSPS) is 17.8. The molecule has 1 aromatic carbocycles. The van der Waals surface area contributed by atoms with Crippen molar-refractivity contribution in [3.63, 3.8) is 0 Å². The predicted molar refractivity (Wildman–Crippen MR) is 54.5 cm³/mol. The van der Waals surface area contributed by atoms with E-state index in [4.69, 9.17) is 16.7 Å². The van der Waals surface area contributed by atoms with Crippen molar-refractivity contribution >= 4 is 17.6 Å². The highest BCUT2D eigenvalue weighted by atomic mass is 35.5. The van der Waals surface area contributed by atoms with Gasteiger partial charge >= 0.3 is 5.97 Å². The standard InChI is InChI=1S/C11H11ClO2/c12-9-4-2-1-3-8(9)7-11(5-6-11)10(13)14/h1-4H,5-7H2,(H,13,14). The summed E-state index contributed by atoms with van der Waals surface area (Å²) < 4.78 is 0. The zero-order valence-corrected chi connectivity index (χ0v) is 8.42. The quantitative estimate of drug-likeness (QED) is 0.833. The highest BCUT2D eigenvalue weighted by Crippen LogP contribution is 2.49. The van der Waals surface area contributed by atoms with Crippen molar-refractivity contribution in [3.8, 4) is 0 Å². The molecule has 0 atom stereocenters. The SMILES string of the molecule is O=C(O)C1(Cc2ccccc2Cl)CC1. The summed E-state index contributed by atoms with van der Waals surface area (Å²) in [5.74, 6) is -0.697. The first-order chi connectivity index (χ1) is 6.64. The fourth-order valence-electron chi connectivity index (χ4n) is 1.62. The monoisotopic (exact) mass is 210 g/mol. The summed E-state index contributed by atoms with van der Waals surface area (Å²) in [6, 6.07) is 7.44. The lowest BCUT2D eigenvalue weighted by atomic mass is 9.97. The Hall–Kier alpha value is -1.02. The van der Waals surface area contributed by atoms with Gasteiger partial charge in [0.05, 0.1) is 5.41 Å². The van der Waals surface area contributed by atoms with Crippen LogP contribution in [0.4, 0.5) is 0 Å². The number of rotatable bonds is 3. The van der Waals surface area contributed by atoms with Crippen LogP contribution in [0.15, 0.2) is 24.3 Å². The molecule has 74 valence electrons. The molecule has 0 heterocycles. The van der Waals surface area contributed by atoms with Gasteiger partial charge in [0.1, 0.15) is 0 Å². The maximum absolute atomic E-state index is 11.0. The maximum Gasteiger partial charge on any atom is 0.309 e. The molecular weight excluding hydrogens is 200 g/mol. The van der Waals surface area contributed by atoms with E-state index in [0.29, 0.717) is 11.4 Å². The van der Waals surface area contributed by atoms with Crippen LogP contribution in [-0.2, 0) is 11.2 Å². The fraction of sp³-hybridized carbons (Fsp3) is 0.364. The molecule has 1 fully saturated rings. The Balaban J connectivity index is 2.19. The topological polar surface area (TPSA) is 37.3 Å². The van der Waals surface area contributed by atoms with Crippen molar-refractivity contribution in [2.24, 2.45) is 5.41 Å². The summed E-state index contributed by atoms with van der Waals surface area (Å²) in [5, 5.41) is 9.68. The van der Waals surface area contributed by atoms with Crippen LogP contribution in [0.3, 0.4) is 0 Å². The molecule has 14 heavy (non-hydrogen) atoms. The summed E-state index contributed by atoms with van der Waals surface area (Å²) in [6.07, 6.45) is 2.10. The Labute approximate surface area is 87.5 Å². The summed E-state index contributed by atoms with van der Waals surface area (Å²) in [6.45, 7) is 0. The molecule has 2 nitrogen and oxygen atoms in total. The highest BCUT2D eigenvalue weighted by Gasteiger charge is 2.50. The van der Waals surface area contributed by atoms with Crippen LogP contribution in [0, 0.1) is 5.41 Å². The highest BCUT2D eigenvalue weighted by molar-refractivity contribution is 6.31. The molecule has 1 aliphatic rings. The number of hydrogen-bond donors (Lipinski definition) is 1. The van der Waals surface area contributed by atoms with Crippen LogP contribution >= 0.6 is 11.6 Å². The Kier molecular flexibility index (Phi) is 2.23. The number of hydrogen-bond acceptors (Lipinski definition) is 1. The molecule has 0 radical (unpaired) electrons. The van der Waals surface area contributed by atoms with Gasteiger partial charge in [0.2, 0.25) is 0 Å². The first kappa shape index (κ1) is 9.53. The van der Waals surface area contributed by atoms with Gasteiger partial charge in [-0.15, -0.1) is 0 Å². The minimum atomic E-state index is -0.697. The van der Waals surface area contributed by atoms with Gasteiger partial charge in [0, 0.05) is 5.02 Å². The Bertz CT molecular complexity index is 369. The third-order valence-corrected chi connectivity index (χ3v) is 3.16. The van der Waals surface area contributed by atoms with E-state index in [9.17, 15) is 4.79 Å². The molecule has 0 bridgehead atoms. The Morgan fingerprint density at radius 3 is 2.57 bits per heavy atom. The summed E-state index contributed by atoms with van der Waals surface area (Å²) >= 11 is 5.97. The molecule has 3 heteroatoms. The number of carboxylic acids is 1. The summed E-state index contributed by atoms with van der Waals surface area (Å²) in [7, 11) is 0.